The van der Waals surface area contributed by atoms with Gasteiger partial charge in [0.15, 0.2) is 0 Å². The highest BCUT2D eigenvalue weighted by Crippen LogP contribution is 1.98. The van der Waals surface area contributed by atoms with Crippen LogP contribution in [-0.2, 0) is 9.59 Å². The van der Waals surface area contributed by atoms with Gasteiger partial charge in [-0.2, -0.15) is 0 Å². The van der Waals surface area contributed by atoms with Crippen LogP contribution in [0.4, 0.5) is 0 Å². The number of hydrogen-bond donors (Lipinski definition) is 2. The molecule has 1 amide bonds. The van der Waals surface area contributed by atoms with E-state index in [1.807, 2.05) is 13.8 Å². The fourth-order valence-corrected chi connectivity index (χ4v) is 1.18. The Morgan fingerprint density at radius 1 is 1.43 bits per heavy atom. The average molecular weight is 202 g/mol. The van der Waals surface area contributed by atoms with E-state index in [1.165, 1.54) is 0 Å². The average Bonchev–Trinajstić information content (AvgIpc) is 2.13. The summed E-state index contributed by atoms with van der Waals surface area (Å²) in [6, 6.07) is -0.393. The minimum Gasteiger partial charge on any atom is -0.480 e. The largest absolute Gasteiger partial charge is 0.480 e. The Kier molecular flexibility index (Phi) is 5.87. The van der Waals surface area contributed by atoms with Crippen molar-refractivity contribution in [2.45, 2.75) is 26.8 Å². The topological polar surface area (TPSA) is 69.6 Å². The van der Waals surface area contributed by atoms with Crippen LogP contribution >= 0.6 is 0 Å². The lowest BCUT2D eigenvalue weighted by Gasteiger charge is -2.24. The number of nitrogens with zero attached hydrogens (tertiary/aromatic N) is 1. The minimum absolute atomic E-state index is 0.102. The Labute approximate surface area is 84.1 Å². The molecule has 0 saturated heterocycles. The molecular formula is C9H18N2O3. The van der Waals surface area contributed by atoms with Gasteiger partial charge in [-0.05, 0) is 20.4 Å². The molecule has 0 bridgehead atoms. The molecule has 0 rings (SSSR count). The Morgan fingerprint density at radius 2 is 2.00 bits per heavy atom. The molecule has 0 radical (unpaired) electrons. The zero-order valence-electron chi connectivity index (χ0n) is 8.91. The second-order valence-electron chi connectivity index (χ2n) is 3.03. The molecule has 1 atom stereocenters. The fourth-order valence-electron chi connectivity index (χ4n) is 1.18. The highest BCUT2D eigenvalue weighted by atomic mass is 16.4. The van der Waals surface area contributed by atoms with Crippen LogP contribution in [0, 0.1) is 0 Å². The number of hydrogen-bond acceptors (Lipinski definition) is 3. The van der Waals surface area contributed by atoms with E-state index in [0.29, 0.717) is 13.1 Å². The van der Waals surface area contributed by atoms with Crippen LogP contribution in [-0.4, -0.2) is 47.6 Å². The van der Waals surface area contributed by atoms with Crippen LogP contribution in [0.2, 0.25) is 0 Å². The quantitative estimate of drug-likeness (QED) is 0.632. The monoisotopic (exact) mass is 202 g/mol. The number of carboxylic acids is 1. The summed E-state index contributed by atoms with van der Waals surface area (Å²) in [7, 11) is 0. The number of aliphatic carboxylic acids is 1. The number of rotatable bonds is 6. The SMILES string of the molecule is CCNC(=O)C(C)N(CC)CC(=O)O. The number of likely N-dealkylation sites (N-methyl/N-ethyl adjacent to an activating group) is 2. The maximum Gasteiger partial charge on any atom is 0.317 e. The first-order valence-electron chi connectivity index (χ1n) is 4.76. The van der Waals surface area contributed by atoms with Crippen LogP contribution in [0.25, 0.3) is 0 Å². The molecule has 0 heterocycles. The van der Waals surface area contributed by atoms with E-state index in [2.05, 4.69) is 5.32 Å². The summed E-state index contributed by atoms with van der Waals surface area (Å²) >= 11 is 0. The van der Waals surface area contributed by atoms with Gasteiger partial charge in [0, 0.05) is 6.54 Å². The zero-order chi connectivity index (χ0) is 11.1. The lowest BCUT2D eigenvalue weighted by atomic mass is 10.2. The summed E-state index contributed by atoms with van der Waals surface area (Å²) in [4.78, 5) is 23.5. The molecule has 0 aliphatic rings. The van der Waals surface area contributed by atoms with Crippen molar-refractivity contribution < 1.29 is 14.7 Å². The maximum atomic E-state index is 11.4. The first-order valence-corrected chi connectivity index (χ1v) is 4.76. The van der Waals surface area contributed by atoms with Gasteiger partial charge in [0.05, 0.1) is 12.6 Å². The molecule has 1 unspecified atom stereocenters. The van der Waals surface area contributed by atoms with Gasteiger partial charge < -0.3 is 10.4 Å². The molecule has 0 aliphatic heterocycles. The van der Waals surface area contributed by atoms with E-state index in [4.69, 9.17) is 5.11 Å². The van der Waals surface area contributed by atoms with Gasteiger partial charge in [0.1, 0.15) is 0 Å². The molecule has 0 fully saturated rings. The zero-order valence-corrected chi connectivity index (χ0v) is 8.91. The van der Waals surface area contributed by atoms with Crippen LogP contribution in [0.15, 0.2) is 0 Å². The Balaban J connectivity index is 4.22. The van der Waals surface area contributed by atoms with E-state index in [0.717, 1.165) is 0 Å². The smallest absolute Gasteiger partial charge is 0.317 e. The summed E-state index contributed by atoms with van der Waals surface area (Å²) in [5.41, 5.74) is 0. The molecule has 82 valence electrons. The Bertz CT molecular complexity index is 206. The molecule has 0 aromatic heterocycles. The number of carbonyl (C=O) groups is 2. The lowest BCUT2D eigenvalue weighted by Crippen LogP contribution is -2.46. The first kappa shape index (κ1) is 12.9. The summed E-state index contributed by atoms with van der Waals surface area (Å²) in [5.74, 6) is -1.04. The number of carboxylic acid groups (broad SMARTS) is 1. The summed E-state index contributed by atoms with van der Waals surface area (Å²) in [6.07, 6.45) is 0. The summed E-state index contributed by atoms with van der Waals surface area (Å²) in [6.45, 7) is 6.38. The number of carbonyl (C=O) groups excluding carboxylic acids is 1. The molecular weight excluding hydrogens is 184 g/mol. The van der Waals surface area contributed by atoms with Gasteiger partial charge in [0.25, 0.3) is 0 Å². The Hall–Kier alpha value is -1.10. The predicted octanol–water partition coefficient (Wildman–Crippen LogP) is -0.0825. The number of amides is 1. The van der Waals surface area contributed by atoms with Gasteiger partial charge in [-0.3, -0.25) is 14.5 Å². The van der Waals surface area contributed by atoms with Crippen molar-refractivity contribution in [3.05, 3.63) is 0 Å². The molecule has 2 N–H and O–H groups in total. The fraction of sp³-hybridized carbons (Fsp3) is 0.778. The molecule has 0 aromatic rings. The third-order valence-corrected chi connectivity index (χ3v) is 2.02. The summed E-state index contributed by atoms with van der Waals surface area (Å²) in [5, 5.41) is 11.3. The second kappa shape index (κ2) is 6.37. The van der Waals surface area contributed by atoms with Crippen molar-refractivity contribution in [1.82, 2.24) is 10.2 Å². The third kappa shape index (κ3) is 4.23. The normalized spacial score (nSPS) is 12.6. The van der Waals surface area contributed by atoms with Gasteiger partial charge >= 0.3 is 5.97 Å². The lowest BCUT2D eigenvalue weighted by molar-refractivity contribution is -0.139. The summed E-state index contributed by atoms with van der Waals surface area (Å²) < 4.78 is 0. The van der Waals surface area contributed by atoms with Crippen LogP contribution in [0.5, 0.6) is 0 Å². The first-order chi connectivity index (χ1) is 6.52. The van der Waals surface area contributed by atoms with Gasteiger partial charge in [-0.25, -0.2) is 0 Å². The van der Waals surface area contributed by atoms with E-state index < -0.39 is 12.0 Å². The van der Waals surface area contributed by atoms with Crippen molar-refractivity contribution in [2.75, 3.05) is 19.6 Å². The minimum atomic E-state index is -0.914. The van der Waals surface area contributed by atoms with Crippen molar-refractivity contribution in [3.8, 4) is 0 Å². The number of nitrogens with one attached hydrogen (secondary N) is 1. The predicted molar refractivity (Wildman–Crippen MR) is 53.0 cm³/mol. The highest BCUT2D eigenvalue weighted by molar-refractivity contribution is 5.82. The molecule has 0 spiro atoms. The molecule has 5 nitrogen and oxygen atoms in total. The molecule has 0 saturated carbocycles. The van der Waals surface area contributed by atoms with Crippen LogP contribution in [0.3, 0.4) is 0 Å². The van der Waals surface area contributed by atoms with Gasteiger partial charge in [0.2, 0.25) is 5.91 Å². The van der Waals surface area contributed by atoms with Gasteiger partial charge in [-0.15, -0.1) is 0 Å². The highest BCUT2D eigenvalue weighted by Gasteiger charge is 2.20. The second-order valence-corrected chi connectivity index (χ2v) is 3.03. The molecule has 5 heteroatoms. The van der Waals surface area contributed by atoms with Crippen molar-refractivity contribution in [1.29, 1.82) is 0 Å². The Morgan fingerprint density at radius 3 is 2.36 bits per heavy atom. The maximum absolute atomic E-state index is 11.4. The van der Waals surface area contributed by atoms with E-state index >= 15 is 0 Å². The van der Waals surface area contributed by atoms with Crippen LogP contribution in [0.1, 0.15) is 20.8 Å². The molecule has 14 heavy (non-hydrogen) atoms. The van der Waals surface area contributed by atoms with Crippen LogP contribution < -0.4 is 5.32 Å². The van der Waals surface area contributed by atoms with Crippen molar-refractivity contribution in [2.24, 2.45) is 0 Å². The van der Waals surface area contributed by atoms with Gasteiger partial charge in [-0.1, -0.05) is 6.92 Å². The van der Waals surface area contributed by atoms with E-state index in [9.17, 15) is 9.59 Å². The van der Waals surface area contributed by atoms with E-state index in [-0.39, 0.29) is 12.5 Å². The molecule has 0 aromatic carbocycles. The van der Waals surface area contributed by atoms with Crippen molar-refractivity contribution in [3.63, 3.8) is 0 Å². The van der Waals surface area contributed by atoms with Crippen molar-refractivity contribution >= 4 is 11.9 Å². The third-order valence-electron chi connectivity index (χ3n) is 2.02. The molecule has 0 aliphatic carbocycles. The standard InChI is InChI=1S/C9H18N2O3/c1-4-10-9(14)7(3)11(5-2)6-8(12)13/h7H,4-6H2,1-3H3,(H,10,14)(H,12,13). The van der Waals surface area contributed by atoms with E-state index in [1.54, 1.807) is 11.8 Å².